The van der Waals surface area contributed by atoms with Crippen molar-refractivity contribution in [2.45, 2.75) is 135 Å². The molecule has 0 spiro atoms. The van der Waals surface area contributed by atoms with Crippen molar-refractivity contribution in [3.8, 4) is 0 Å². The Morgan fingerprint density at radius 1 is 0.568 bits per heavy atom. The first kappa shape index (κ1) is 35.1. The van der Waals surface area contributed by atoms with Gasteiger partial charge in [0.25, 0.3) is 0 Å². The van der Waals surface area contributed by atoms with E-state index in [2.05, 4.69) is 19.1 Å². The Morgan fingerprint density at radius 2 is 0.946 bits per heavy atom. The zero-order valence-electron chi connectivity index (χ0n) is 23.6. The zero-order valence-corrected chi connectivity index (χ0v) is 23.6. The molecule has 0 aromatic rings. The molecule has 0 saturated carbocycles. The van der Waals surface area contributed by atoms with Crippen molar-refractivity contribution in [2.24, 2.45) is 0 Å². The standard InChI is InChI=1S/C30H55NO6/c1-2-3-4-5-6-7-8-9-10-11-12-13-14-15-16-17-24-31(25-18-21-28(32)33,26-19-22-29(34)35)27-20-23-30(36)37/h7-8H,2-6,9-27H2,1H3,(H2-,32,33,34,35,36,37)/b8-7+. The minimum Gasteiger partial charge on any atom is -0.550 e. The van der Waals surface area contributed by atoms with E-state index < -0.39 is 17.9 Å². The molecule has 0 aliphatic carbocycles. The highest BCUT2D eigenvalue weighted by Crippen LogP contribution is 2.18. The van der Waals surface area contributed by atoms with Crippen molar-refractivity contribution in [3.63, 3.8) is 0 Å². The number of unbranched alkanes of at least 4 members (excludes halogenated alkanes) is 12. The number of nitrogens with zero attached hydrogens (tertiary/aromatic N) is 1. The predicted octanol–water partition coefficient (Wildman–Crippen LogP) is 6.10. The highest BCUT2D eigenvalue weighted by atomic mass is 16.4. The summed E-state index contributed by atoms with van der Waals surface area (Å²) in [5.41, 5.74) is 0. The second-order valence-corrected chi connectivity index (χ2v) is 10.6. The summed E-state index contributed by atoms with van der Waals surface area (Å²) in [6, 6.07) is 0. The summed E-state index contributed by atoms with van der Waals surface area (Å²) in [4.78, 5) is 33.0. The normalized spacial score (nSPS) is 11.8. The molecule has 0 aromatic carbocycles. The van der Waals surface area contributed by atoms with Crippen LogP contribution in [-0.2, 0) is 14.4 Å². The second kappa shape index (κ2) is 24.4. The molecule has 0 atom stereocenters. The lowest BCUT2D eigenvalue weighted by atomic mass is 10.1. The van der Waals surface area contributed by atoms with Gasteiger partial charge in [0.05, 0.1) is 39.0 Å². The number of carbonyl (C=O) groups excluding carboxylic acids is 1. The first-order chi connectivity index (χ1) is 17.8. The maximum absolute atomic E-state index is 11.0. The Bertz CT molecular complexity index is 569. The van der Waals surface area contributed by atoms with Gasteiger partial charge in [0.15, 0.2) is 0 Å². The van der Waals surface area contributed by atoms with E-state index in [-0.39, 0.29) is 19.3 Å². The van der Waals surface area contributed by atoms with Crippen LogP contribution in [0, 0.1) is 0 Å². The number of carbonyl (C=O) groups is 3. The molecule has 0 fully saturated rings. The van der Waals surface area contributed by atoms with Gasteiger partial charge in [0, 0.05) is 25.2 Å². The zero-order chi connectivity index (χ0) is 27.6. The fourth-order valence-corrected chi connectivity index (χ4v) is 5.06. The SMILES string of the molecule is CCCCCC/C=C/CCCCCCCCCC[N+](CCCC(=O)[O-])(CCCC(=O)O)CCCC(=O)O. The lowest BCUT2D eigenvalue weighted by molar-refractivity contribution is -0.929. The molecule has 0 aromatic heterocycles. The lowest BCUT2D eigenvalue weighted by Gasteiger charge is -2.39. The van der Waals surface area contributed by atoms with Crippen LogP contribution in [0.4, 0.5) is 0 Å². The fraction of sp³-hybridized carbons (Fsp3) is 0.833. The maximum Gasteiger partial charge on any atom is 0.303 e. The average Bonchev–Trinajstić information content (AvgIpc) is 2.83. The molecule has 216 valence electrons. The number of rotatable bonds is 28. The molecule has 0 rings (SSSR count). The van der Waals surface area contributed by atoms with Crippen LogP contribution < -0.4 is 5.11 Å². The molecule has 0 amide bonds. The first-order valence-corrected chi connectivity index (χ1v) is 14.9. The maximum atomic E-state index is 11.0. The Labute approximate surface area is 225 Å². The Hall–Kier alpha value is -1.89. The summed E-state index contributed by atoms with van der Waals surface area (Å²) < 4.78 is 0.611. The van der Waals surface area contributed by atoms with Gasteiger partial charge >= 0.3 is 11.9 Å². The van der Waals surface area contributed by atoms with Gasteiger partial charge in [-0.15, -0.1) is 0 Å². The number of aliphatic carboxylic acids is 3. The average molecular weight is 526 g/mol. The van der Waals surface area contributed by atoms with E-state index in [9.17, 15) is 19.5 Å². The molecular formula is C30H55NO6. The van der Waals surface area contributed by atoms with E-state index in [1.54, 1.807) is 0 Å². The first-order valence-electron chi connectivity index (χ1n) is 14.9. The van der Waals surface area contributed by atoms with Gasteiger partial charge < -0.3 is 24.6 Å². The number of hydrogen-bond acceptors (Lipinski definition) is 4. The van der Waals surface area contributed by atoms with Crippen molar-refractivity contribution in [2.75, 3.05) is 26.2 Å². The van der Waals surface area contributed by atoms with Crippen molar-refractivity contribution in [1.82, 2.24) is 0 Å². The van der Waals surface area contributed by atoms with Gasteiger partial charge in [-0.3, -0.25) is 9.59 Å². The number of carboxylic acids is 3. The molecule has 0 aliphatic heterocycles. The van der Waals surface area contributed by atoms with Crippen LogP contribution in [0.25, 0.3) is 0 Å². The second-order valence-electron chi connectivity index (χ2n) is 10.6. The molecule has 0 radical (unpaired) electrons. The Balaban J connectivity index is 4.29. The summed E-state index contributed by atoms with van der Waals surface area (Å²) in [5.74, 6) is -2.75. The van der Waals surface area contributed by atoms with Gasteiger partial charge in [-0.25, -0.2) is 0 Å². The van der Waals surface area contributed by atoms with Crippen LogP contribution in [0.5, 0.6) is 0 Å². The van der Waals surface area contributed by atoms with Crippen LogP contribution in [-0.4, -0.2) is 58.8 Å². The fourth-order valence-electron chi connectivity index (χ4n) is 5.06. The van der Waals surface area contributed by atoms with Crippen molar-refractivity contribution >= 4 is 17.9 Å². The number of hydrogen-bond donors (Lipinski definition) is 2. The number of quaternary nitrogens is 1. The van der Waals surface area contributed by atoms with E-state index in [4.69, 9.17) is 10.2 Å². The van der Waals surface area contributed by atoms with Gasteiger partial charge in [0.2, 0.25) is 0 Å². The largest absolute Gasteiger partial charge is 0.550 e. The number of allylic oxidation sites excluding steroid dienone is 2. The van der Waals surface area contributed by atoms with Gasteiger partial charge in [0.1, 0.15) is 0 Å². The van der Waals surface area contributed by atoms with Gasteiger partial charge in [-0.2, -0.15) is 0 Å². The van der Waals surface area contributed by atoms with E-state index in [0.717, 1.165) is 19.4 Å². The lowest BCUT2D eigenvalue weighted by Crippen LogP contribution is -2.51. The van der Waals surface area contributed by atoms with Crippen LogP contribution in [0.2, 0.25) is 0 Å². The van der Waals surface area contributed by atoms with E-state index in [0.29, 0.717) is 43.4 Å². The third-order valence-corrected chi connectivity index (χ3v) is 7.20. The van der Waals surface area contributed by atoms with E-state index in [1.807, 2.05) is 0 Å². The van der Waals surface area contributed by atoms with E-state index >= 15 is 0 Å². The van der Waals surface area contributed by atoms with Crippen LogP contribution >= 0.6 is 0 Å². The Kier molecular flexibility index (Phi) is 23.2. The van der Waals surface area contributed by atoms with Gasteiger partial charge in [-0.1, -0.05) is 70.4 Å². The summed E-state index contributed by atoms with van der Waals surface area (Å²) >= 11 is 0. The van der Waals surface area contributed by atoms with Gasteiger partial charge in [-0.05, 0) is 44.9 Å². The molecule has 2 N–H and O–H groups in total. The minimum atomic E-state index is -1.08. The molecular weight excluding hydrogens is 470 g/mol. The summed E-state index contributed by atoms with van der Waals surface area (Å²) in [6.45, 7) is 5.00. The van der Waals surface area contributed by atoms with Crippen LogP contribution in [0.3, 0.4) is 0 Å². The topological polar surface area (TPSA) is 115 Å². The molecule has 7 nitrogen and oxygen atoms in total. The highest BCUT2D eigenvalue weighted by Gasteiger charge is 2.26. The quantitative estimate of drug-likeness (QED) is 0.0724. The van der Waals surface area contributed by atoms with Crippen molar-refractivity contribution in [3.05, 3.63) is 12.2 Å². The summed E-state index contributed by atoms with van der Waals surface area (Å²) in [7, 11) is 0. The molecule has 0 bridgehead atoms. The monoisotopic (exact) mass is 525 g/mol. The third-order valence-electron chi connectivity index (χ3n) is 7.20. The molecule has 0 saturated heterocycles. The molecule has 0 heterocycles. The number of carboxylic acid groups (broad SMARTS) is 3. The molecule has 37 heavy (non-hydrogen) atoms. The minimum absolute atomic E-state index is 0.0212. The highest BCUT2D eigenvalue weighted by molar-refractivity contribution is 5.66. The van der Waals surface area contributed by atoms with Crippen LogP contribution in [0.15, 0.2) is 12.2 Å². The van der Waals surface area contributed by atoms with Crippen molar-refractivity contribution < 1.29 is 34.2 Å². The van der Waals surface area contributed by atoms with Crippen LogP contribution in [0.1, 0.15) is 135 Å². The Morgan fingerprint density at radius 3 is 1.38 bits per heavy atom. The third kappa shape index (κ3) is 24.2. The smallest absolute Gasteiger partial charge is 0.303 e. The van der Waals surface area contributed by atoms with Crippen molar-refractivity contribution in [1.29, 1.82) is 0 Å². The predicted molar refractivity (Wildman–Crippen MR) is 147 cm³/mol. The molecule has 7 heteroatoms. The summed E-state index contributed by atoms with van der Waals surface area (Å²) in [5, 5.41) is 29.1. The van der Waals surface area contributed by atoms with E-state index in [1.165, 1.54) is 77.0 Å². The summed E-state index contributed by atoms with van der Waals surface area (Å²) in [6.07, 6.45) is 23.6. The molecule has 0 aliphatic rings. The molecule has 0 unspecified atom stereocenters.